The predicted molar refractivity (Wildman–Crippen MR) is 119 cm³/mol. The van der Waals surface area contributed by atoms with E-state index in [9.17, 15) is 4.79 Å². The molecule has 7 heteroatoms. The van der Waals surface area contributed by atoms with Crippen LogP contribution in [0.15, 0.2) is 45.4 Å². The van der Waals surface area contributed by atoms with E-state index in [-0.39, 0.29) is 11.9 Å². The van der Waals surface area contributed by atoms with Gasteiger partial charge in [-0.3, -0.25) is 9.69 Å². The summed E-state index contributed by atoms with van der Waals surface area (Å²) in [4.78, 5) is 19.1. The molecule has 160 valence electrons. The number of hydrogen-bond donors (Lipinski definition) is 0. The molecule has 0 bridgehead atoms. The van der Waals surface area contributed by atoms with Gasteiger partial charge >= 0.3 is 0 Å². The number of hydrazone groups is 1. The van der Waals surface area contributed by atoms with Crippen LogP contribution in [0.5, 0.6) is 0 Å². The fourth-order valence-electron chi connectivity index (χ4n) is 4.76. The number of carbonyl (C=O) groups is 1. The van der Waals surface area contributed by atoms with Gasteiger partial charge in [-0.15, -0.1) is 11.3 Å². The molecule has 3 aliphatic rings. The lowest BCUT2D eigenvalue weighted by Gasteiger charge is -2.24. The highest BCUT2D eigenvalue weighted by Crippen LogP contribution is 2.34. The third kappa shape index (κ3) is 4.53. The number of rotatable bonds is 8. The molecule has 1 saturated carbocycles. The van der Waals surface area contributed by atoms with Gasteiger partial charge in [0.25, 0.3) is 5.91 Å². The predicted octanol–water partition coefficient (Wildman–Crippen LogP) is 3.68. The second-order valence-corrected chi connectivity index (χ2v) is 10.00. The average molecular weight is 427 g/mol. The summed E-state index contributed by atoms with van der Waals surface area (Å²) in [5.74, 6) is 2.46. The third-order valence-electron chi connectivity index (χ3n) is 6.41. The molecule has 0 radical (unpaired) electrons. The molecule has 2 aliphatic heterocycles. The summed E-state index contributed by atoms with van der Waals surface area (Å²) in [5, 5.41) is 8.45. The molecule has 5 rings (SSSR count). The van der Waals surface area contributed by atoms with Crippen LogP contribution in [0.4, 0.5) is 0 Å². The molecule has 1 amide bonds. The van der Waals surface area contributed by atoms with Gasteiger partial charge in [-0.05, 0) is 68.3 Å². The van der Waals surface area contributed by atoms with Gasteiger partial charge in [0, 0.05) is 26.1 Å². The molecule has 0 N–H and O–H groups in total. The van der Waals surface area contributed by atoms with Crippen molar-refractivity contribution < 1.29 is 9.21 Å². The van der Waals surface area contributed by atoms with Crippen molar-refractivity contribution >= 4 is 23.0 Å². The Balaban J connectivity index is 1.21. The van der Waals surface area contributed by atoms with Gasteiger partial charge in [0.2, 0.25) is 0 Å². The molecular formula is C23H30N4O2S. The Kier molecular flexibility index (Phi) is 5.76. The summed E-state index contributed by atoms with van der Waals surface area (Å²) in [6.07, 6.45) is 6.35. The van der Waals surface area contributed by atoms with Crippen molar-refractivity contribution in [3.05, 3.63) is 46.5 Å². The number of amides is 1. The van der Waals surface area contributed by atoms with E-state index in [1.165, 1.54) is 25.8 Å². The molecule has 30 heavy (non-hydrogen) atoms. The van der Waals surface area contributed by atoms with Gasteiger partial charge < -0.3 is 9.32 Å². The number of furan rings is 1. The zero-order chi connectivity index (χ0) is 20.5. The second-order valence-electron chi connectivity index (χ2n) is 9.05. The maximum absolute atomic E-state index is 13.2. The molecule has 2 aromatic heterocycles. The molecule has 0 spiro atoms. The van der Waals surface area contributed by atoms with Crippen molar-refractivity contribution in [3.63, 3.8) is 0 Å². The minimum absolute atomic E-state index is 0.0648. The topological polar surface area (TPSA) is 52.3 Å². The molecular weight excluding hydrogens is 396 g/mol. The molecule has 4 heterocycles. The summed E-state index contributed by atoms with van der Waals surface area (Å²) < 4.78 is 5.65. The zero-order valence-electron chi connectivity index (χ0n) is 17.6. The summed E-state index contributed by atoms with van der Waals surface area (Å²) in [7, 11) is 2.24. The number of nitrogens with zero attached hydrogens (tertiary/aromatic N) is 4. The Bertz CT molecular complexity index is 875. The molecule has 2 atom stereocenters. The van der Waals surface area contributed by atoms with Crippen LogP contribution in [0.3, 0.4) is 0 Å². The molecule has 1 saturated heterocycles. The van der Waals surface area contributed by atoms with Crippen LogP contribution in [0.1, 0.15) is 42.4 Å². The van der Waals surface area contributed by atoms with E-state index in [1.807, 2.05) is 18.2 Å². The Labute approximate surface area is 182 Å². The monoisotopic (exact) mass is 426 g/mol. The number of hydrogen-bond acceptors (Lipinski definition) is 6. The van der Waals surface area contributed by atoms with Crippen molar-refractivity contribution in [1.29, 1.82) is 0 Å². The average Bonchev–Trinajstić information content (AvgIpc) is 3.26. The first-order chi connectivity index (χ1) is 14.7. The van der Waals surface area contributed by atoms with E-state index in [1.54, 1.807) is 22.6 Å². The van der Waals surface area contributed by atoms with Crippen LogP contribution in [-0.2, 0) is 4.79 Å². The summed E-state index contributed by atoms with van der Waals surface area (Å²) in [6.45, 7) is 4.80. The van der Waals surface area contributed by atoms with E-state index in [4.69, 9.17) is 9.52 Å². The summed E-state index contributed by atoms with van der Waals surface area (Å²) in [5.41, 5.74) is 0.973. The smallest absolute Gasteiger partial charge is 0.257 e. The summed E-state index contributed by atoms with van der Waals surface area (Å²) in [6, 6.07) is 7.77. The Morgan fingerprint density at radius 1 is 1.23 bits per heavy atom. The minimum Gasteiger partial charge on any atom is -0.467 e. The van der Waals surface area contributed by atoms with Gasteiger partial charge in [0.1, 0.15) is 11.8 Å². The van der Waals surface area contributed by atoms with Gasteiger partial charge in [0.15, 0.2) is 0 Å². The fraction of sp³-hybridized carbons (Fsp3) is 0.565. The second kappa shape index (κ2) is 8.65. The molecule has 2 fully saturated rings. The van der Waals surface area contributed by atoms with Crippen molar-refractivity contribution in [3.8, 4) is 0 Å². The standard InChI is InChI=1S/C23H30N4O2S/c1-25(13-17-6-7-17)14-18-8-9-26(15-18)16-23(28)27-20(21-4-2-10-29-21)12-19(24-27)22-5-3-11-30-22/h2-5,10-11,17-18,20H,6-9,12-16H2,1H3/t18-,20+/m0/s1. The van der Waals surface area contributed by atoms with Crippen molar-refractivity contribution in [1.82, 2.24) is 14.8 Å². The SMILES string of the molecule is CN(CC1CC1)C[C@@H]1CCN(CC(=O)N2N=C(c3cccs3)C[C@@H]2c2ccco2)C1. The largest absolute Gasteiger partial charge is 0.467 e. The maximum Gasteiger partial charge on any atom is 0.257 e. The van der Waals surface area contributed by atoms with E-state index in [2.05, 4.69) is 28.3 Å². The Morgan fingerprint density at radius 2 is 2.10 bits per heavy atom. The quantitative estimate of drug-likeness (QED) is 0.646. The summed E-state index contributed by atoms with van der Waals surface area (Å²) >= 11 is 1.67. The van der Waals surface area contributed by atoms with Crippen LogP contribution < -0.4 is 0 Å². The lowest BCUT2D eigenvalue weighted by molar-refractivity contribution is -0.134. The first-order valence-electron chi connectivity index (χ1n) is 11.0. The Hall–Kier alpha value is -1.96. The number of thiophene rings is 1. The van der Waals surface area contributed by atoms with Crippen LogP contribution >= 0.6 is 11.3 Å². The first kappa shape index (κ1) is 20.0. The molecule has 0 aromatic carbocycles. The van der Waals surface area contributed by atoms with E-state index < -0.39 is 0 Å². The third-order valence-corrected chi connectivity index (χ3v) is 7.33. The highest BCUT2D eigenvalue weighted by molar-refractivity contribution is 7.12. The lowest BCUT2D eigenvalue weighted by Crippen LogP contribution is -2.38. The maximum atomic E-state index is 13.2. The van der Waals surface area contributed by atoms with Gasteiger partial charge in [-0.1, -0.05) is 6.07 Å². The van der Waals surface area contributed by atoms with Crippen molar-refractivity contribution in [2.75, 3.05) is 39.8 Å². The zero-order valence-corrected chi connectivity index (χ0v) is 18.4. The fourth-order valence-corrected chi connectivity index (χ4v) is 5.48. The molecule has 0 unspecified atom stereocenters. The van der Waals surface area contributed by atoms with Crippen LogP contribution in [0.25, 0.3) is 0 Å². The van der Waals surface area contributed by atoms with E-state index in [0.717, 1.165) is 41.9 Å². The normalized spacial score (nSPS) is 24.7. The molecule has 6 nitrogen and oxygen atoms in total. The van der Waals surface area contributed by atoms with Gasteiger partial charge in [-0.2, -0.15) is 5.10 Å². The van der Waals surface area contributed by atoms with Gasteiger partial charge in [0.05, 0.1) is 23.4 Å². The number of likely N-dealkylation sites (tertiary alicyclic amines) is 1. The molecule has 2 aromatic rings. The highest BCUT2D eigenvalue weighted by Gasteiger charge is 2.36. The Morgan fingerprint density at radius 3 is 2.83 bits per heavy atom. The molecule has 1 aliphatic carbocycles. The van der Waals surface area contributed by atoms with Gasteiger partial charge in [-0.25, -0.2) is 5.01 Å². The van der Waals surface area contributed by atoms with Crippen LogP contribution in [-0.4, -0.2) is 66.2 Å². The minimum atomic E-state index is -0.146. The van der Waals surface area contributed by atoms with Crippen LogP contribution in [0, 0.1) is 11.8 Å². The van der Waals surface area contributed by atoms with Crippen molar-refractivity contribution in [2.24, 2.45) is 16.9 Å². The first-order valence-corrected chi connectivity index (χ1v) is 11.9. The van der Waals surface area contributed by atoms with Crippen molar-refractivity contribution in [2.45, 2.75) is 31.7 Å². The van der Waals surface area contributed by atoms with Crippen LogP contribution in [0.2, 0.25) is 0 Å². The number of carbonyl (C=O) groups excluding carboxylic acids is 1. The highest BCUT2D eigenvalue weighted by atomic mass is 32.1. The van der Waals surface area contributed by atoms with E-state index >= 15 is 0 Å². The lowest BCUT2D eigenvalue weighted by atomic mass is 10.1. The van der Waals surface area contributed by atoms with E-state index in [0.29, 0.717) is 18.9 Å².